The molecule has 0 saturated carbocycles. The number of hydrogen-bond donors (Lipinski definition) is 0. The first-order valence-corrected chi connectivity index (χ1v) is 8.60. The highest BCUT2D eigenvalue weighted by Gasteiger charge is 2.18. The molecule has 132 valence electrons. The Hall–Kier alpha value is -2.17. The molecule has 0 amide bonds. The first-order valence-electron chi connectivity index (χ1n) is 8.60. The SMILES string of the molecule is CCCCOc1ccc2c(OC)c(OCCCC)c(=O)n(C)c2c1. The number of methoxy groups -OCH3 is 1. The highest BCUT2D eigenvalue weighted by Crippen LogP contribution is 2.34. The number of hydrogen-bond acceptors (Lipinski definition) is 4. The van der Waals surface area contributed by atoms with Gasteiger partial charge in [0.05, 0.1) is 25.8 Å². The summed E-state index contributed by atoms with van der Waals surface area (Å²) < 4.78 is 18.5. The van der Waals surface area contributed by atoms with Crippen LogP contribution >= 0.6 is 0 Å². The van der Waals surface area contributed by atoms with E-state index in [-0.39, 0.29) is 11.3 Å². The molecule has 1 aromatic heterocycles. The molecule has 0 bridgehead atoms. The van der Waals surface area contributed by atoms with Crippen molar-refractivity contribution in [3.63, 3.8) is 0 Å². The minimum atomic E-state index is -0.193. The van der Waals surface area contributed by atoms with Gasteiger partial charge in [-0.3, -0.25) is 4.79 Å². The van der Waals surface area contributed by atoms with Crippen molar-refractivity contribution in [1.29, 1.82) is 0 Å². The molecule has 1 aromatic carbocycles. The van der Waals surface area contributed by atoms with E-state index >= 15 is 0 Å². The molecule has 0 unspecified atom stereocenters. The molecule has 0 aliphatic rings. The van der Waals surface area contributed by atoms with Gasteiger partial charge in [-0.15, -0.1) is 0 Å². The quantitative estimate of drug-likeness (QED) is 0.653. The van der Waals surface area contributed by atoms with E-state index in [1.165, 1.54) is 0 Å². The van der Waals surface area contributed by atoms with Crippen LogP contribution in [-0.2, 0) is 7.05 Å². The zero-order chi connectivity index (χ0) is 17.5. The topological polar surface area (TPSA) is 49.7 Å². The summed E-state index contributed by atoms with van der Waals surface area (Å²) in [4.78, 5) is 12.6. The second-order valence-electron chi connectivity index (χ2n) is 5.81. The van der Waals surface area contributed by atoms with E-state index in [0.29, 0.717) is 19.0 Å². The van der Waals surface area contributed by atoms with Crippen LogP contribution in [0.3, 0.4) is 0 Å². The lowest BCUT2D eigenvalue weighted by Gasteiger charge is -2.16. The Kier molecular flexibility index (Phi) is 6.53. The van der Waals surface area contributed by atoms with Crippen LogP contribution in [0.2, 0.25) is 0 Å². The normalized spacial score (nSPS) is 10.8. The lowest BCUT2D eigenvalue weighted by molar-refractivity contribution is 0.284. The number of rotatable bonds is 9. The molecule has 5 heteroatoms. The lowest BCUT2D eigenvalue weighted by Crippen LogP contribution is -2.21. The second kappa shape index (κ2) is 8.62. The maximum atomic E-state index is 12.6. The molecule has 0 N–H and O–H groups in total. The van der Waals surface area contributed by atoms with Crippen LogP contribution < -0.4 is 19.8 Å². The molecular formula is C19H27NO4. The number of aryl methyl sites for hydroxylation is 1. The van der Waals surface area contributed by atoms with Gasteiger partial charge in [0.2, 0.25) is 5.75 Å². The van der Waals surface area contributed by atoms with E-state index in [1.54, 1.807) is 18.7 Å². The summed E-state index contributed by atoms with van der Waals surface area (Å²) >= 11 is 0. The predicted octanol–water partition coefficient (Wildman–Crippen LogP) is 3.90. The van der Waals surface area contributed by atoms with Gasteiger partial charge in [-0.1, -0.05) is 26.7 Å². The van der Waals surface area contributed by atoms with Crippen molar-refractivity contribution >= 4 is 10.9 Å². The van der Waals surface area contributed by atoms with Crippen molar-refractivity contribution in [2.75, 3.05) is 20.3 Å². The third-order valence-corrected chi connectivity index (χ3v) is 4.00. The molecule has 2 aromatic rings. The van der Waals surface area contributed by atoms with E-state index in [2.05, 4.69) is 13.8 Å². The Bertz CT molecular complexity index is 736. The highest BCUT2D eigenvalue weighted by atomic mass is 16.5. The van der Waals surface area contributed by atoms with Crippen molar-refractivity contribution in [3.8, 4) is 17.2 Å². The average molecular weight is 333 g/mol. The molecule has 0 atom stereocenters. The van der Waals surface area contributed by atoms with E-state index in [9.17, 15) is 4.79 Å². The number of ether oxygens (including phenoxy) is 3. The van der Waals surface area contributed by atoms with Crippen LogP contribution in [0.5, 0.6) is 17.2 Å². The summed E-state index contributed by atoms with van der Waals surface area (Å²) in [6.07, 6.45) is 3.99. The van der Waals surface area contributed by atoms with Gasteiger partial charge in [-0.05, 0) is 25.0 Å². The first kappa shape index (κ1) is 18.2. The number of unbranched alkanes of at least 4 members (excludes halogenated alkanes) is 2. The standard InChI is InChI=1S/C19H27NO4/c1-5-7-11-23-14-9-10-15-16(13-14)20(3)19(21)18(17(15)22-4)24-12-8-6-2/h9-10,13H,5-8,11-12H2,1-4H3. The minimum Gasteiger partial charge on any atom is -0.494 e. The molecule has 0 fully saturated rings. The zero-order valence-corrected chi connectivity index (χ0v) is 15.1. The fourth-order valence-electron chi connectivity index (χ4n) is 2.53. The van der Waals surface area contributed by atoms with Gasteiger partial charge < -0.3 is 18.8 Å². The van der Waals surface area contributed by atoms with Crippen LogP contribution in [0.25, 0.3) is 10.9 Å². The fourth-order valence-corrected chi connectivity index (χ4v) is 2.53. The van der Waals surface area contributed by atoms with Gasteiger partial charge in [0.25, 0.3) is 5.56 Å². The average Bonchev–Trinajstić information content (AvgIpc) is 2.60. The van der Waals surface area contributed by atoms with Gasteiger partial charge in [0.15, 0.2) is 5.75 Å². The Balaban J connectivity index is 2.46. The molecule has 0 saturated heterocycles. The molecule has 1 heterocycles. The Morgan fingerprint density at radius 1 is 1.00 bits per heavy atom. The second-order valence-corrected chi connectivity index (χ2v) is 5.81. The lowest BCUT2D eigenvalue weighted by atomic mass is 10.1. The van der Waals surface area contributed by atoms with E-state index in [4.69, 9.17) is 14.2 Å². The third-order valence-electron chi connectivity index (χ3n) is 4.00. The fraction of sp³-hybridized carbons (Fsp3) is 0.526. The van der Waals surface area contributed by atoms with Crippen LogP contribution in [0.15, 0.2) is 23.0 Å². The Morgan fingerprint density at radius 2 is 1.67 bits per heavy atom. The highest BCUT2D eigenvalue weighted by molar-refractivity contribution is 5.89. The van der Waals surface area contributed by atoms with Crippen molar-refractivity contribution in [2.45, 2.75) is 39.5 Å². The van der Waals surface area contributed by atoms with Crippen LogP contribution in [-0.4, -0.2) is 24.9 Å². The van der Waals surface area contributed by atoms with E-state index in [0.717, 1.165) is 42.3 Å². The summed E-state index contributed by atoms with van der Waals surface area (Å²) in [6.45, 7) is 5.38. The van der Waals surface area contributed by atoms with Crippen molar-refractivity contribution in [1.82, 2.24) is 4.57 Å². The Labute approximate surface area is 143 Å². The maximum absolute atomic E-state index is 12.6. The summed E-state index contributed by atoms with van der Waals surface area (Å²) in [6, 6.07) is 5.70. The van der Waals surface area contributed by atoms with Crippen molar-refractivity contribution in [3.05, 3.63) is 28.6 Å². The first-order chi connectivity index (χ1) is 11.6. The summed E-state index contributed by atoms with van der Waals surface area (Å²) in [5.41, 5.74) is 0.579. The van der Waals surface area contributed by atoms with Crippen LogP contribution in [0, 0.1) is 0 Å². The van der Waals surface area contributed by atoms with Gasteiger partial charge in [-0.25, -0.2) is 0 Å². The molecule has 2 rings (SSSR count). The monoisotopic (exact) mass is 333 g/mol. The van der Waals surface area contributed by atoms with Gasteiger partial charge in [0.1, 0.15) is 5.75 Å². The van der Waals surface area contributed by atoms with Crippen LogP contribution in [0.1, 0.15) is 39.5 Å². The predicted molar refractivity (Wildman–Crippen MR) is 96.5 cm³/mol. The molecule has 24 heavy (non-hydrogen) atoms. The maximum Gasteiger partial charge on any atom is 0.297 e. The van der Waals surface area contributed by atoms with E-state index < -0.39 is 0 Å². The molecule has 0 aliphatic carbocycles. The zero-order valence-electron chi connectivity index (χ0n) is 15.1. The molecule has 5 nitrogen and oxygen atoms in total. The number of benzene rings is 1. The smallest absolute Gasteiger partial charge is 0.297 e. The van der Waals surface area contributed by atoms with Crippen molar-refractivity contribution in [2.24, 2.45) is 7.05 Å². The summed E-state index contributed by atoms with van der Waals surface area (Å²) in [5.74, 6) is 1.53. The summed E-state index contributed by atoms with van der Waals surface area (Å²) in [5, 5.41) is 0.842. The number of nitrogens with zero attached hydrogens (tertiary/aromatic N) is 1. The third kappa shape index (κ3) is 3.83. The molecule has 0 radical (unpaired) electrons. The largest absolute Gasteiger partial charge is 0.494 e. The van der Waals surface area contributed by atoms with Gasteiger partial charge in [0, 0.05) is 18.5 Å². The van der Waals surface area contributed by atoms with Crippen molar-refractivity contribution < 1.29 is 14.2 Å². The number of pyridine rings is 1. The molecular weight excluding hydrogens is 306 g/mol. The minimum absolute atomic E-state index is 0.193. The number of aromatic nitrogens is 1. The van der Waals surface area contributed by atoms with Gasteiger partial charge >= 0.3 is 0 Å². The van der Waals surface area contributed by atoms with E-state index in [1.807, 2.05) is 18.2 Å². The number of fused-ring (bicyclic) bond motifs is 1. The molecule has 0 spiro atoms. The Morgan fingerprint density at radius 3 is 2.29 bits per heavy atom. The van der Waals surface area contributed by atoms with Crippen LogP contribution in [0.4, 0.5) is 0 Å². The van der Waals surface area contributed by atoms with Gasteiger partial charge in [-0.2, -0.15) is 0 Å². The summed E-state index contributed by atoms with van der Waals surface area (Å²) in [7, 11) is 3.30. The molecule has 0 aliphatic heterocycles.